The molecule has 0 radical (unpaired) electrons. The molecular formula is C17H28N2. The fraction of sp³-hybridized carbons (Fsp3) is 0.647. The first-order chi connectivity index (χ1) is 9.02. The highest BCUT2D eigenvalue weighted by Gasteiger charge is 2.34. The Kier molecular flexibility index (Phi) is 4.64. The van der Waals surface area contributed by atoms with E-state index in [-0.39, 0.29) is 0 Å². The van der Waals surface area contributed by atoms with Crippen molar-refractivity contribution in [2.24, 2.45) is 11.7 Å². The number of hydrogen-bond acceptors (Lipinski definition) is 2. The standard InChI is InChI=1S/C17H28N2/c1-12(2)11-19(16-7-8-16)17(10-18)15-6-5-13(3)14(4)9-15/h5-6,9,12,16-17H,7-8,10-11,18H2,1-4H3. The summed E-state index contributed by atoms with van der Waals surface area (Å²) in [7, 11) is 0. The molecule has 1 aromatic rings. The molecule has 0 amide bonds. The van der Waals surface area contributed by atoms with Crippen LogP contribution in [0.3, 0.4) is 0 Å². The molecule has 0 heterocycles. The molecule has 1 unspecified atom stereocenters. The minimum Gasteiger partial charge on any atom is -0.329 e. The van der Waals surface area contributed by atoms with E-state index in [2.05, 4.69) is 50.8 Å². The maximum atomic E-state index is 6.09. The van der Waals surface area contributed by atoms with Gasteiger partial charge in [0.1, 0.15) is 0 Å². The van der Waals surface area contributed by atoms with Gasteiger partial charge in [0.05, 0.1) is 0 Å². The quantitative estimate of drug-likeness (QED) is 0.849. The first kappa shape index (κ1) is 14.5. The molecule has 0 spiro atoms. The summed E-state index contributed by atoms with van der Waals surface area (Å²) < 4.78 is 0. The van der Waals surface area contributed by atoms with Crippen molar-refractivity contribution in [2.75, 3.05) is 13.1 Å². The largest absolute Gasteiger partial charge is 0.329 e. The van der Waals surface area contributed by atoms with Gasteiger partial charge in [-0.1, -0.05) is 32.0 Å². The first-order valence-corrected chi connectivity index (χ1v) is 7.56. The van der Waals surface area contributed by atoms with Crippen molar-refractivity contribution in [1.82, 2.24) is 4.90 Å². The van der Waals surface area contributed by atoms with Gasteiger partial charge >= 0.3 is 0 Å². The number of nitrogens with zero attached hydrogens (tertiary/aromatic N) is 1. The van der Waals surface area contributed by atoms with Gasteiger partial charge in [-0.2, -0.15) is 0 Å². The van der Waals surface area contributed by atoms with Crippen LogP contribution >= 0.6 is 0 Å². The second-order valence-corrected chi connectivity index (χ2v) is 6.42. The Morgan fingerprint density at radius 3 is 2.37 bits per heavy atom. The molecule has 19 heavy (non-hydrogen) atoms. The smallest absolute Gasteiger partial charge is 0.0473 e. The molecule has 2 rings (SSSR count). The Balaban J connectivity index is 2.22. The van der Waals surface area contributed by atoms with Gasteiger partial charge in [0.25, 0.3) is 0 Å². The monoisotopic (exact) mass is 260 g/mol. The van der Waals surface area contributed by atoms with E-state index in [4.69, 9.17) is 5.73 Å². The zero-order chi connectivity index (χ0) is 14.0. The molecule has 1 saturated carbocycles. The van der Waals surface area contributed by atoms with E-state index < -0.39 is 0 Å². The molecule has 2 heteroatoms. The van der Waals surface area contributed by atoms with E-state index >= 15 is 0 Å². The highest BCUT2D eigenvalue weighted by molar-refractivity contribution is 5.32. The Hall–Kier alpha value is -0.860. The second-order valence-electron chi connectivity index (χ2n) is 6.42. The molecule has 0 saturated heterocycles. The van der Waals surface area contributed by atoms with Gasteiger partial charge in [-0.15, -0.1) is 0 Å². The van der Waals surface area contributed by atoms with Crippen molar-refractivity contribution in [3.63, 3.8) is 0 Å². The van der Waals surface area contributed by atoms with Crippen molar-refractivity contribution in [3.8, 4) is 0 Å². The summed E-state index contributed by atoms with van der Waals surface area (Å²) in [5.41, 5.74) is 10.2. The van der Waals surface area contributed by atoms with Crippen LogP contribution in [0.1, 0.15) is 49.4 Å². The molecule has 0 aliphatic heterocycles. The number of nitrogens with two attached hydrogens (primary N) is 1. The summed E-state index contributed by atoms with van der Waals surface area (Å²) in [4.78, 5) is 2.63. The van der Waals surface area contributed by atoms with Crippen molar-refractivity contribution in [3.05, 3.63) is 34.9 Å². The Bertz CT molecular complexity index is 421. The summed E-state index contributed by atoms with van der Waals surface area (Å²) in [5.74, 6) is 0.696. The first-order valence-electron chi connectivity index (χ1n) is 7.56. The fourth-order valence-corrected chi connectivity index (χ4v) is 2.79. The van der Waals surface area contributed by atoms with Gasteiger partial charge < -0.3 is 5.73 Å². The maximum absolute atomic E-state index is 6.09. The van der Waals surface area contributed by atoms with Gasteiger partial charge in [-0.25, -0.2) is 0 Å². The molecule has 0 bridgehead atoms. The molecule has 1 aliphatic carbocycles. The maximum Gasteiger partial charge on any atom is 0.0473 e. The van der Waals surface area contributed by atoms with Crippen LogP contribution in [0.4, 0.5) is 0 Å². The van der Waals surface area contributed by atoms with Crippen molar-refractivity contribution < 1.29 is 0 Å². The molecule has 1 fully saturated rings. The lowest BCUT2D eigenvalue weighted by Gasteiger charge is -2.33. The van der Waals surface area contributed by atoms with Gasteiger partial charge in [-0.05, 0) is 49.3 Å². The van der Waals surface area contributed by atoms with Gasteiger partial charge in [0.15, 0.2) is 0 Å². The zero-order valence-electron chi connectivity index (χ0n) is 12.8. The van der Waals surface area contributed by atoms with Crippen LogP contribution in [-0.4, -0.2) is 24.0 Å². The van der Waals surface area contributed by atoms with Crippen LogP contribution in [-0.2, 0) is 0 Å². The van der Waals surface area contributed by atoms with E-state index in [1.54, 1.807) is 0 Å². The number of benzene rings is 1. The third-order valence-corrected chi connectivity index (χ3v) is 4.13. The predicted molar refractivity (Wildman–Crippen MR) is 82.3 cm³/mol. The average Bonchev–Trinajstić information content (AvgIpc) is 3.17. The topological polar surface area (TPSA) is 29.3 Å². The van der Waals surface area contributed by atoms with Crippen LogP contribution in [0, 0.1) is 19.8 Å². The summed E-state index contributed by atoms with van der Waals surface area (Å²) in [6.07, 6.45) is 2.68. The normalized spacial score (nSPS) is 17.2. The van der Waals surface area contributed by atoms with Gasteiger partial charge in [0, 0.05) is 25.2 Å². The van der Waals surface area contributed by atoms with Gasteiger partial charge in [-0.3, -0.25) is 4.90 Å². The van der Waals surface area contributed by atoms with Crippen molar-refractivity contribution in [2.45, 2.75) is 52.6 Å². The molecule has 1 aliphatic rings. The van der Waals surface area contributed by atoms with E-state index in [9.17, 15) is 0 Å². The lowest BCUT2D eigenvalue weighted by molar-refractivity contribution is 0.169. The highest BCUT2D eigenvalue weighted by Crippen LogP contribution is 2.35. The molecule has 2 N–H and O–H groups in total. The third kappa shape index (κ3) is 3.58. The lowest BCUT2D eigenvalue weighted by Crippen LogP contribution is -2.38. The SMILES string of the molecule is Cc1ccc(C(CN)N(CC(C)C)C2CC2)cc1C. The molecule has 1 aromatic carbocycles. The molecule has 106 valence electrons. The van der Waals surface area contributed by atoms with Crippen LogP contribution in [0.5, 0.6) is 0 Å². The Morgan fingerprint density at radius 2 is 1.89 bits per heavy atom. The van der Waals surface area contributed by atoms with Crippen LogP contribution in [0.15, 0.2) is 18.2 Å². The molecular weight excluding hydrogens is 232 g/mol. The second kappa shape index (κ2) is 6.06. The van der Waals surface area contributed by atoms with Crippen LogP contribution in [0.25, 0.3) is 0 Å². The number of aryl methyl sites for hydroxylation is 2. The fourth-order valence-electron chi connectivity index (χ4n) is 2.79. The van der Waals surface area contributed by atoms with Crippen LogP contribution in [0.2, 0.25) is 0 Å². The number of hydrogen-bond donors (Lipinski definition) is 1. The Morgan fingerprint density at radius 1 is 1.21 bits per heavy atom. The van der Waals surface area contributed by atoms with Gasteiger partial charge in [0.2, 0.25) is 0 Å². The lowest BCUT2D eigenvalue weighted by atomic mass is 9.99. The third-order valence-electron chi connectivity index (χ3n) is 4.13. The summed E-state index contributed by atoms with van der Waals surface area (Å²) >= 11 is 0. The minimum absolute atomic E-state index is 0.384. The average molecular weight is 260 g/mol. The van der Waals surface area contributed by atoms with E-state index in [0.29, 0.717) is 18.5 Å². The molecule has 2 nitrogen and oxygen atoms in total. The van der Waals surface area contributed by atoms with E-state index in [0.717, 1.165) is 12.6 Å². The van der Waals surface area contributed by atoms with E-state index in [1.807, 2.05) is 0 Å². The van der Waals surface area contributed by atoms with Crippen molar-refractivity contribution in [1.29, 1.82) is 0 Å². The van der Waals surface area contributed by atoms with E-state index in [1.165, 1.54) is 29.5 Å². The predicted octanol–water partition coefficient (Wildman–Crippen LogP) is 3.42. The highest BCUT2D eigenvalue weighted by atomic mass is 15.2. The summed E-state index contributed by atoms with van der Waals surface area (Å²) in [6, 6.07) is 7.96. The number of rotatable bonds is 6. The summed E-state index contributed by atoms with van der Waals surface area (Å²) in [6.45, 7) is 10.8. The molecule has 1 atom stereocenters. The molecule has 0 aromatic heterocycles. The summed E-state index contributed by atoms with van der Waals surface area (Å²) in [5, 5.41) is 0. The minimum atomic E-state index is 0.384. The van der Waals surface area contributed by atoms with Crippen LogP contribution < -0.4 is 5.73 Å². The Labute approximate surface area is 118 Å². The zero-order valence-corrected chi connectivity index (χ0v) is 12.8. The van der Waals surface area contributed by atoms with Crippen molar-refractivity contribution >= 4 is 0 Å².